The molecule has 0 saturated heterocycles. The van der Waals surface area contributed by atoms with Gasteiger partial charge in [-0.05, 0) is 37.3 Å². The Morgan fingerprint density at radius 3 is 2.41 bits per heavy atom. The van der Waals surface area contributed by atoms with Crippen LogP contribution in [0.25, 0.3) is 17.1 Å². The van der Waals surface area contributed by atoms with Crippen LogP contribution in [0.1, 0.15) is 5.56 Å². The van der Waals surface area contributed by atoms with E-state index in [1.165, 1.54) is 0 Å². The number of nitrogens with zero attached hydrogens (tertiary/aromatic N) is 3. The average Bonchev–Trinajstić information content (AvgIpc) is 3.10. The molecule has 2 aromatic carbocycles. The van der Waals surface area contributed by atoms with Gasteiger partial charge in [0, 0.05) is 11.3 Å². The maximum absolute atomic E-state index is 11.0. The van der Waals surface area contributed by atoms with Gasteiger partial charge in [-0.15, -0.1) is 10.2 Å². The van der Waals surface area contributed by atoms with Crippen LogP contribution in [0.15, 0.2) is 47.6 Å². The molecule has 0 spiro atoms. The van der Waals surface area contributed by atoms with E-state index < -0.39 is 5.97 Å². The maximum Gasteiger partial charge on any atom is 0.313 e. The van der Waals surface area contributed by atoms with E-state index in [1.54, 1.807) is 20.3 Å². The fraction of sp³-hybridized carbons (Fsp3) is 0.211. The molecule has 0 aliphatic rings. The minimum absolute atomic E-state index is 0.101. The van der Waals surface area contributed by atoms with Gasteiger partial charge >= 0.3 is 5.97 Å². The summed E-state index contributed by atoms with van der Waals surface area (Å²) < 4.78 is 12.5. The first-order chi connectivity index (χ1) is 13.0. The Hall–Kier alpha value is -3.00. The van der Waals surface area contributed by atoms with Crippen LogP contribution in [0.2, 0.25) is 0 Å². The minimum Gasteiger partial charge on any atom is -0.493 e. The van der Waals surface area contributed by atoms with Crippen molar-refractivity contribution in [2.24, 2.45) is 0 Å². The summed E-state index contributed by atoms with van der Waals surface area (Å²) in [6.45, 7) is 2.01. The van der Waals surface area contributed by atoms with Crippen LogP contribution in [0, 0.1) is 6.92 Å². The van der Waals surface area contributed by atoms with Crippen LogP contribution < -0.4 is 9.47 Å². The van der Waals surface area contributed by atoms with Crippen molar-refractivity contribution in [1.29, 1.82) is 0 Å². The summed E-state index contributed by atoms with van der Waals surface area (Å²) in [5.41, 5.74) is 2.76. The molecule has 1 heterocycles. The summed E-state index contributed by atoms with van der Waals surface area (Å²) in [6.07, 6.45) is 0. The normalized spacial score (nSPS) is 10.6. The molecule has 3 rings (SSSR count). The molecule has 0 aliphatic heterocycles. The highest BCUT2D eigenvalue weighted by Crippen LogP contribution is 2.34. The lowest BCUT2D eigenvalue weighted by atomic mass is 10.1. The third-order valence-corrected chi connectivity index (χ3v) is 4.81. The number of carbonyl (C=O) groups is 1. The number of hydrogen-bond acceptors (Lipinski definition) is 6. The lowest BCUT2D eigenvalue weighted by Crippen LogP contribution is -2.03. The van der Waals surface area contributed by atoms with Crippen molar-refractivity contribution in [3.63, 3.8) is 0 Å². The quantitative estimate of drug-likeness (QED) is 0.624. The van der Waals surface area contributed by atoms with E-state index in [9.17, 15) is 4.79 Å². The zero-order valence-electron chi connectivity index (χ0n) is 15.2. The monoisotopic (exact) mass is 385 g/mol. The molecule has 8 heteroatoms. The molecular formula is C19H19N3O4S. The zero-order valence-corrected chi connectivity index (χ0v) is 16.0. The minimum atomic E-state index is -0.911. The Bertz CT molecular complexity index is 954. The van der Waals surface area contributed by atoms with Gasteiger partial charge in [0.15, 0.2) is 22.5 Å². The highest BCUT2D eigenvalue weighted by molar-refractivity contribution is 7.99. The summed E-state index contributed by atoms with van der Waals surface area (Å²) in [5.74, 6) is 0.769. The van der Waals surface area contributed by atoms with Crippen LogP contribution in [-0.4, -0.2) is 45.8 Å². The number of benzene rings is 2. The lowest BCUT2D eigenvalue weighted by molar-refractivity contribution is -0.133. The Balaban J connectivity index is 2.12. The van der Waals surface area contributed by atoms with Crippen molar-refractivity contribution >= 4 is 17.7 Å². The molecule has 0 aliphatic carbocycles. The third kappa shape index (κ3) is 4.06. The lowest BCUT2D eigenvalue weighted by Gasteiger charge is -2.12. The molecule has 0 atom stereocenters. The number of hydrogen-bond donors (Lipinski definition) is 1. The van der Waals surface area contributed by atoms with E-state index >= 15 is 0 Å². The van der Waals surface area contributed by atoms with E-state index in [1.807, 2.05) is 47.9 Å². The number of aliphatic carboxylic acids is 1. The van der Waals surface area contributed by atoms with Crippen molar-refractivity contribution in [1.82, 2.24) is 14.8 Å². The average molecular weight is 385 g/mol. The van der Waals surface area contributed by atoms with Crippen LogP contribution in [0.5, 0.6) is 11.5 Å². The smallest absolute Gasteiger partial charge is 0.313 e. The SMILES string of the molecule is COc1ccc(-c2nnc(SCC(=O)O)n2-c2ccc(C)cc2)cc1OC. The van der Waals surface area contributed by atoms with Crippen molar-refractivity contribution in [2.75, 3.05) is 20.0 Å². The topological polar surface area (TPSA) is 86.5 Å². The molecule has 1 N–H and O–H groups in total. The van der Waals surface area contributed by atoms with Gasteiger partial charge in [0.2, 0.25) is 0 Å². The molecule has 0 fully saturated rings. The molecule has 1 aromatic heterocycles. The van der Waals surface area contributed by atoms with Crippen LogP contribution in [0.3, 0.4) is 0 Å². The maximum atomic E-state index is 11.0. The van der Waals surface area contributed by atoms with E-state index in [0.29, 0.717) is 22.5 Å². The van der Waals surface area contributed by atoms with Crippen molar-refractivity contribution < 1.29 is 19.4 Å². The molecule has 0 bridgehead atoms. The van der Waals surface area contributed by atoms with Gasteiger partial charge in [0.1, 0.15) is 0 Å². The number of aromatic nitrogens is 3. The Labute approximate surface area is 161 Å². The van der Waals surface area contributed by atoms with Crippen molar-refractivity contribution in [3.8, 4) is 28.6 Å². The molecule has 0 unspecified atom stereocenters. The highest BCUT2D eigenvalue weighted by Gasteiger charge is 2.18. The zero-order chi connectivity index (χ0) is 19.4. The second kappa shape index (κ2) is 8.13. The van der Waals surface area contributed by atoms with Gasteiger partial charge in [-0.3, -0.25) is 9.36 Å². The van der Waals surface area contributed by atoms with Gasteiger partial charge in [-0.1, -0.05) is 29.5 Å². The Kier molecular flexibility index (Phi) is 5.66. The van der Waals surface area contributed by atoms with E-state index in [4.69, 9.17) is 14.6 Å². The van der Waals surface area contributed by atoms with Gasteiger partial charge < -0.3 is 14.6 Å². The van der Waals surface area contributed by atoms with E-state index in [-0.39, 0.29) is 5.75 Å². The predicted octanol–water partition coefficient (Wildman–Crippen LogP) is 3.44. The summed E-state index contributed by atoms with van der Waals surface area (Å²) >= 11 is 1.12. The highest BCUT2D eigenvalue weighted by atomic mass is 32.2. The first-order valence-electron chi connectivity index (χ1n) is 8.13. The fourth-order valence-corrected chi connectivity index (χ4v) is 3.25. The number of aryl methyl sites for hydroxylation is 1. The number of ether oxygens (including phenoxy) is 2. The summed E-state index contributed by atoms with van der Waals surface area (Å²) in [7, 11) is 3.15. The van der Waals surface area contributed by atoms with Crippen LogP contribution in [-0.2, 0) is 4.79 Å². The van der Waals surface area contributed by atoms with E-state index in [0.717, 1.165) is 28.6 Å². The molecular weight excluding hydrogens is 366 g/mol. The van der Waals surface area contributed by atoms with Gasteiger partial charge in [-0.25, -0.2) is 0 Å². The first-order valence-corrected chi connectivity index (χ1v) is 9.11. The summed E-state index contributed by atoms with van der Waals surface area (Å²) in [5, 5.41) is 18.0. The first kappa shape index (κ1) is 18.8. The van der Waals surface area contributed by atoms with Crippen LogP contribution in [0.4, 0.5) is 0 Å². The molecule has 27 heavy (non-hydrogen) atoms. The van der Waals surface area contributed by atoms with E-state index in [2.05, 4.69) is 10.2 Å². The molecule has 7 nitrogen and oxygen atoms in total. The number of rotatable bonds is 7. The second-order valence-electron chi connectivity index (χ2n) is 5.73. The van der Waals surface area contributed by atoms with Crippen LogP contribution >= 0.6 is 11.8 Å². The number of carboxylic acid groups (broad SMARTS) is 1. The Morgan fingerprint density at radius 1 is 1.07 bits per heavy atom. The van der Waals surface area contributed by atoms with Crippen molar-refractivity contribution in [2.45, 2.75) is 12.1 Å². The molecule has 0 saturated carbocycles. The molecule has 0 amide bonds. The Morgan fingerprint density at radius 2 is 1.78 bits per heavy atom. The number of methoxy groups -OCH3 is 2. The standard InChI is InChI=1S/C19H19N3O4S/c1-12-4-7-14(8-5-12)22-18(20-21-19(22)27-11-17(23)24)13-6-9-15(25-2)16(10-13)26-3/h4-10H,11H2,1-3H3,(H,23,24). The molecule has 0 radical (unpaired) electrons. The number of thioether (sulfide) groups is 1. The molecule has 3 aromatic rings. The van der Waals surface area contributed by atoms with Gasteiger partial charge in [0.25, 0.3) is 0 Å². The molecule has 140 valence electrons. The summed E-state index contributed by atoms with van der Waals surface area (Å²) in [6, 6.07) is 13.4. The van der Waals surface area contributed by atoms with Gasteiger partial charge in [0.05, 0.1) is 20.0 Å². The third-order valence-electron chi connectivity index (χ3n) is 3.89. The fourth-order valence-electron chi connectivity index (χ4n) is 2.58. The largest absolute Gasteiger partial charge is 0.493 e. The summed E-state index contributed by atoms with van der Waals surface area (Å²) in [4.78, 5) is 11.0. The predicted molar refractivity (Wildman–Crippen MR) is 103 cm³/mol. The van der Waals surface area contributed by atoms with Gasteiger partial charge in [-0.2, -0.15) is 0 Å². The second-order valence-corrected chi connectivity index (χ2v) is 6.67. The van der Waals surface area contributed by atoms with Crippen molar-refractivity contribution in [3.05, 3.63) is 48.0 Å². The number of carboxylic acids is 1.